The molecule has 2 aromatic heterocycles. The van der Waals surface area contributed by atoms with Crippen LogP contribution in [0.2, 0.25) is 0 Å². The van der Waals surface area contributed by atoms with Gasteiger partial charge in [0.2, 0.25) is 5.82 Å². The van der Waals surface area contributed by atoms with Gasteiger partial charge in [0.25, 0.3) is 5.89 Å². The van der Waals surface area contributed by atoms with E-state index in [0.29, 0.717) is 18.3 Å². The Bertz CT molecular complexity index is 538. The lowest BCUT2D eigenvalue weighted by Gasteiger charge is -2.09. The fourth-order valence-electron chi connectivity index (χ4n) is 1.84. The zero-order valence-corrected chi connectivity index (χ0v) is 12.4. The first kappa shape index (κ1) is 14.0. The fraction of sp³-hybridized carbons (Fsp3) is 0.583. The van der Waals surface area contributed by atoms with Crippen LogP contribution in [-0.4, -0.2) is 28.2 Å². The largest absolute Gasteiger partial charge is 0.378 e. The number of hydrogen-bond acceptors (Lipinski definition) is 7. The van der Waals surface area contributed by atoms with Crippen molar-refractivity contribution < 1.29 is 9.26 Å². The van der Waals surface area contributed by atoms with E-state index in [1.807, 2.05) is 27.8 Å². The normalized spacial score (nSPS) is 12.6. The van der Waals surface area contributed by atoms with Gasteiger partial charge in [0.05, 0.1) is 11.3 Å². The zero-order chi connectivity index (χ0) is 13.8. The predicted octanol–water partition coefficient (Wildman–Crippen LogP) is 3.03. The van der Waals surface area contributed by atoms with E-state index in [-0.39, 0.29) is 6.10 Å². The molecule has 2 aromatic rings. The highest BCUT2D eigenvalue weighted by Gasteiger charge is 2.22. The molecule has 0 radical (unpaired) electrons. The summed E-state index contributed by atoms with van der Waals surface area (Å²) >= 11 is 1.38. The molecule has 0 aromatic carbocycles. The molecule has 0 saturated carbocycles. The molecular formula is C12H18N4O2S. The third-order valence-electron chi connectivity index (χ3n) is 2.77. The first-order valence-electron chi connectivity index (χ1n) is 6.30. The number of anilines is 1. The molecule has 0 saturated heterocycles. The SMILES string of the molecule is CCOC(CC)c1noc(-c2c(C)nsc2NC)n1. The van der Waals surface area contributed by atoms with Crippen molar-refractivity contribution in [3.8, 4) is 11.5 Å². The van der Waals surface area contributed by atoms with Crippen molar-refractivity contribution in [1.29, 1.82) is 0 Å². The van der Waals surface area contributed by atoms with Crippen LogP contribution in [0.15, 0.2) is 4.52 Å². The summed E-state index contributed by atoms with van der Waals surface area (Å²) in [5, 5.41) is 8.03. The molecular weight excluding hydrogens is 264 g/mol. The Morgan fingerprint density at radius 2 is 2.21 bits per heavy atom. The van der Waals surface area contributed by atoms with Crippen LogP contribution >= 0.6 is 11.5 Å². The number of nitrogens with one attached hydrogen (secondary N) is 1. The Labute approximate surface area is 116 Å². The molecule has 1 N–H and O–H groups in total. The highest BCUT2D eigenvalue weighted by Crippen LogP contribution is 2.34. The van der Waals surface area contributed by atoms with E-state index in [1.54, 1.807) is 0 Å². The number of aromatic nitrogens is 3. The van der Waals surface area contributed by atoms with Gasteiger partial charge in [0, 0.05) is 13.7 Å². The van der Waals surface area contributed by atoms with E-state index < -0.39 is 0 Å². The van der Waals surface area contributed by atoms with Crippen LogP contribution in [-0.2, 0) is 4.74 Å². The van der Waals surface area contributed by atoms with Gasteiger partial charge >= 0.3 is 0 Å². The van der Waals surface area contributed by atoms with Crippen LogP contribution in [0.25, 0.3) is 11.5 Å². The minimum atomic E-state index is -0.118. The number of aryl methyl sites for hydroxylation is 1. The summed E-state index contributed by atoms with van der Waals surface area (Å²) in [6, 6.07) is 0. The summed E-state index contributed by atoms with van der Waals surface area (Å²) in [5.74, 6) is 1.08. The van der Waals surface area contributed by atoms with E-state index in [2.05, 4.69) is 19.8 Å². The molecule has 0 bridgehead atoms. The second-order valence-corrected chi connectivity index (χ2v) is 4.81. The maximum absolute atomic E-state index is 5.58. The van der Waals surface area contributed by atoms with Gasteiger partial charge in [-0.05, 0) is 31.8 Å². The van der Waals surface area contributed by atoms with Crippen LogP contribution in [0.1, 0.15) is 37.9 Å². The first-order chi connectivity index (χ1) is 9.21. The molecule has 0 aliphatic rings. The van der Waals surface area contributed by atoms with Crippen LogP contribution in [0.5, 0.6) is 0 Å². The van der Waals surface area contributed by atoms with E-state index in [0.717, 1.165) is 22.7 Å². The second-order valence-electron chi connectivity index (χ2n) is 4.03. The van der Waals surface area contributed by atoms with Crippen molar-refractivity contribution >= 4 is 16.5 Å². The fourth-order valence-corrected chi connectivity index (χ4v) is 2.57. The van der Waals surface area contributed by atoms with Crippen molar-refractivity contribution in [3.05, 3.63) is 11.5 Å². The predicted molar refractivity (Wildman–Crippen MR) is 74.3 cm³/mol. The molecule has 1 unspecified atom stereocenters. The summed E-state index contributed by atoms with van der Waals surface area (Å²) in [6.07, 6.45) is 0.694. The van der Waals surface area contributed by atoms with Crippen molar-refractivity contribution in [3.63, 3.8) is 0 Å². The van der Waals surface area contributed by atoms with Gasteiger partial charge in [-0.1, -0.05) is 12.1 Å². The molecule has 6 nitrogen and oxygen atoms in total. The van der Waals surface area contributed by atoms with Gasteiger partial charge in [-0.2, -0.15) is 9.36 Å². The monoisotopic (exact) mass is 282 g/mol. The molecule has 104 valence electrons. The van der Waals surface area contributed by atoms with Crippen molar-refractivity contribution in [1.82, 2.24) is 14.5 Å². The van der Waals surface area contributed by atoms with Gasteiger partial charge in [-0.25, -0.2) is 0 Å². The third kappa shape index (κ3) is 2.76. The first-order valence-corrected chi connectivity index (χ1v) is 7.08. The van der Waals surface area contributed by atoms with Crippen LogP contribution < -0.4 is 5.32 Å². The minimum absolute atomic E-state index is 0.118. The molecule has 19 heavy (non-hydrogen) atoms. The van der Waals surface area contributed by atoms with E-state index in [9.17, 15) is 0 Å². The van der Waals surface area contributed by atoms with Crippen LogP contribution in [0, 0.1) is 6.92 Å². The number of nitrogens with zero attached hydrogens (tertiary/aromatic N) is 3. The van der Waals surface area contributed by atoms with Crippen molar-refractivity contribution in [2.45, 2.75) is 33.3 Å². The molecule has 0 fully saturated rings. The Balaban J connectivity index is 2.32. The Kier molecular flexibility index (Phi) is 4.49. The van der Waals surface area contributed by atoms with E-state index in [1.165, 1.54) is 11.5 Å². The lowest BCUT2D eigenvalue weighted by molar-refractivity contribution is 0.0518. The summed E-state index contributed by atoms with van der Waals surface area (Å²) in [7, 11) is 1.85. The summed E-state index contributed by atoms with van der Waals surface area (Å²) in [4.78, 5) is 4.44. The number of hydrogen-bond donors (Lipinski definition) is 1. The Morgan fingerprint density at radius 1 is 1.42 bits per heavy atom. The standard InChI is InChI=1S/C12H18N4O2S/c1-5-8(17-6-2)10-14-11(18-15-10)9-7(3)16-19-12(9)13-4/h8,13H,5-6H2,1-4H3. The molecule has 2 rings (SSSR count). The molecule has 0 amide bonds. The van der Waals surface area contributed by atoms with E-state index in [4.69, 9.17) is 9.26 Å². The average molecular weight is 282 g/mol. The summed E-state index contributed by atoms with van der Waals surface area (Å²) in [5.41, 5.74) is 1.76. The lowest BCUT2D eigenvalue weighted by Crippen LogP contribution is -2.04. The van der Waals surface area contributed by atoms with Gasteiger partial charge in [-0.15, -0.1) is 0 Å². The van der Waals surface area contributed by atoms with Gasteiger partial charge in [0.1, 0.15) is 11.1 Å². The molecule has 0 aliphatic carbocycles. The molecule has 0 aliphatic heterocycles. The Morgan fingerprint density at radius 3 is 2.84 bits per heavy atom. The minimum Gasteiger partial charge on any atom is -0.378 e. The average Bonchev–Trinajstić information content (AvgIpc) is 3.02. The second kappa shape index (κ2) is 6.12. The number of ether oxygens (including phenoxy) is 1. The third-order valence-corrected chi connectivity index (χ3v) is 3.73. The lowest BCUT2D eigenvalue weighted by atomic mass is 10.2. The van der Waals surface area contributed by atoms with Crippen molar-refractivity contribution in [2.24, 2.45) is 0 Å². The Hall–Kier alpha value is -1.47. The van der Waals surface area contributed by atoms with Crippen LogP contribution in [0.3, 0.4) is 0 Å². The number of rotatable bonds is 6. The van der Waals surface area contributed by atoms with Gasteiger partial charge in [0.15, 0.2) is 0 Å². The van der Waals surface area contributed by atoms with E-state index >= 15 is 0 Å². The molecule has 2 heterocycles. The van der Waals surface area contributed by atoms with Gasteiger partial charge < -0.3 is 14.6 Å². The topological polar surface area (TPSA) is 73.1 Å². The molecule has 1 atom stereocenters. The maximum atomic E-state index is 5.58. The summed E-state index contributed by atoms with van der Waals surface area (Å²) in [6.45, 7) is 6.54. The van der Waals surface area contributed by atoms with Crippen molar-refractivity contribution in [2.75, 3.05) is 19.0 Å². The highest BCUT2D eigenvalue weighted by molar-refractivity contribution is 7.10. The van der Waals surface area contributed by atoms with Gasteiger partial charge in [-0.3, -0.25) is 0 Å². The highest BCUT2D eigenvalue weighted by atomic mass is 32.1. The molecule has 0 spiro atoms. The quantitative estimate of drug-likeness (QED) is 0.878. The molecule has 7 heteroatoms. The zero-order valence-electron chi connectivity index (χ0n) is 11.6. The maximum Gasteiger partial charge on any atom is 0.262 e. The van der Waals surface area contributed by atoms with Crippen LogP contribution in [0.4, 0.5) is 5.00 Å². The summed E-state index contributed by atoms with van der Waals surface area (Å²) < 4.78 is 15.2. The smallest absolute Gasteiger partial charge is 0.262 e.